The first-order valence-electron chi connectivity index (χ1n) is 10.0. The third-order valence-electron chi connectivity index (χ3n) is 6.50. The second-order valence-corrected chi connectivity index (χ2v) is 11.0. The minimum Gasteiger partial charge on any atom is -0.341 e. The third-order valence-corrected chi connectivity index (χ3v) is 8.61. The molecule has 8 heteroatoms. The van der Waals surface area contributed by atoms with Crippen LogP contribution < -0.4 is 4.90 Å². The monoisotopic (exact) mass is 390 g/mol. The summed E-state index contributed by atoms with van der Waals surface area (Å²) in [5.74, 6) is 1.34. The Kier molecular flexibility index (Phi) is 3.97. The summed E-state index contributed by atoms with van der Waals surface area (Å²) in [5.41, 5.74) is 1.56. The van der Waals surface area contributed by atoms with Gasteiger partial charge in [-0.1, -0.05) is 6.92 Å². The van der Waals surface area contributed by atoms with Crippen LogP contribution in [0.25, 0.3) is 0 Å². The number of piperidine rings is 1. The van der Waals surface area contributed by atoms with E-state index in [9.17, 15) is 13.2 Å². The van der Waals surface area contributed by atoms with Crippen LogP contribution in [0.1, 0.15) is 49.8 Å². The summed E-state index contributed by atoms with van der Waals surface area (Å²) in [4.78, 5) is 25.8. The molecule has 1 amide bonds. The number of anilines is 1. The average Bonchev–Trinajstić information content (AvgIpc) is 3.38. The fourth-order valence-electron chi connectivity index (χ4n) is 4.86. The normalized spacial score (nSPS) is 32.1. The molecule has 1 aromatic heterocycles. The van der Waals surface area contributed by atoms with Crippen molar-refractivity contribution >= 4 is 21.7 Å². The molecule has 1 aromatic rings. The van der Waals surface area contributed by atoms with Gasteiger partial charge in [0.05, 0.1) is 16.7 Å². The van der Waals surface area contributed by atoms with Gasteiger partial charge in [-0.2, -0.15) is 0 Å². The summed E-state index contributed by atoms with van der Waals surface area (Å²) in [6, 6.07) is 0. The molecule has 3 fully saturated rings. The van der Waals surface area contributed by atoms with Crippen molar-refractivity contribution in [3.05, 3.63) is 17.5 Å². The lowest BCUT2D eigenvalue weighted by Gasteiger charge is -2.32. The van der Waals surface area contributed by atoms with E-state index >= 15 is 0 Å². The molecule has 3 atom stereocenters. The van der Waals surface area contributed by atoms with E-state index in [-0.39, 0.29) is 23.5 Å². The minimum atomic E-state index is -3.28. The van der Waals surface area contributed by atoms with Gasteiger partial charge in [0.2, 0.25) is 11.9 Å². The Hall–Kier alpha value is -1.70. The van der Waals surface area contributed by atoms with Crippen LogP contribution in [0.5, 0.6) is 0 Å². The molecule has 1 saturated carbocycles. The van der Waals surface area contributed by atoms with Crippen molar-refractivity contribution in [1.82, 2.24) is 14.9 Å². The fraction of sp³-hybridized carbons (Fsp3) is 0.737. The summed E-state index contributed by atoms with van der Waals surface area (Å²) in [7, 11) is -3.28. The largest absolute Gasteiger partial charge is 0.341 e. The van der Waals surface area contributed by atoms with Crippen molar-refractivity contribution in [3.63, 3.8) is 0 Å². The SMILES string of the molecule is CC1CCCN(c2ncc3c(n2)[C@H]2CN(C(=O)C4CC4)C[C@H]2S(=O)(=O)C3)C1. The Bertz CT molecular complexity index is 883. The van der Waals surface area contributed by atoms with Gasteiger partial charge in [0.15, 0.2) is 9.84 Å². The Morgan fingerprint density at radius 2 is 2.00 bits per heavy atom. The van der Waals surface area contributed by atoms with Crippen molar-refractivity contribution in [3.8, 4) is 0 Å². The number of aromatic nitrogens is 2. The van der Waals surface area contributed by atoms with Crippen LogP contribution in [0.15, 0.2) is 6.20 Å². The average molecular weight is 391 g/mol. The van der Waals surface area contributed by atoms with E-state index in [1.165, 1.54) is 6.42 Å². The number of amides is 1. The van der Waals surface area contributed by atoms with Gasteiger partial charge in [-0.15, -0.1) is 0 Å². The molecule has 2 saturated heterocycles. The summed E-state index contributed by atoms with van der Waals surface area (Å²) in [6.45, 7) is 4.92. The number of carbonyl (C=O) groups is 1. The minimum absolute atomic E-state index is 0.00829. The summed E-state index contributed by atoms with van der Waals surface area (Å²) < 4.78 is 25.6. The molecule has 3 aliphatic heterocycles. The van der Waals surface area contributed by atoms with Crippen molar-refractivity contribution in [2.75, 3.05) is 31.1 Å². The lowest BCUT2D eigenvalue weighted by atomic mass is 9.99. The van der Waals surface area contributed by atoms with Crippen molar-refractivity contribution in [2.45, 2.75) is 49.5 Å². The molecule has 1 unspecified atom stereocenters. The van der Waals surface area contributed by atoms with Crippen LogP contribution in [0.4, 0.5) is 5.95 Å². The first kappa shape index (κ1) is 17.4. The Morgan fingerprint density at radius 1 is 1.19 bits per heavy atom. The van der Waals surface area contributed by atoms with Gasteiger partial charge in [-0.3, -0.25) is 4.79 Å². The maximum atomic E-state index is 12.8. The number of nitrogens with zero attached hydrogens (tertiary/aromatic N) is 4. The molecule has 4 aliphatic rings. The molecule has 0 spiro atoms. The van der Waals surface area contributed by atoms with E-state index < -0.39 is 15.1 Å². The second-order valence-electron chi connectivity index (χ2n) is 8.74. The Labute approximate surface area is 160 Å². The van der Waals surface area contributed by atoms with Crippen LogP contribution >= 0.6 is 0 Å². The lowest BCUT2D eigenvalue weighted by molar-refractivity contribution is -0.131. The summed E-state index contributed by atoms with van der Waals surface area (Å²) in [5, 5.41) is -0.518. The predicted molar refractivity (Wildman–Crippen MR) is 101 cm³/mol. The van der Waals surface area contributed by atoms with Gasteiger partial charge in [-0.05, 0) is 31.6 Å². The van der Waals surface area contributed by atoms with Gasteiger partial charge in [-0.25, -0.2) is 18.4 Å². The fourth-order valence-corrected chi connectivity index (χ4v) is 6.85. The van der Waals surface area contributed by atoms with E-state index in [0.717, 1.165) is 38.0 Å². The summed E-state index contributed by atoms with van der Waals surface area (Å²) >= 11 is 0. The molecular formula is C19H26N4O3S. The van der Waals surface area contributed by atoms with Gasteiger partial charge in [0, 0.05) is 49.8 Å². The highest BCUT2D eigenvalue weighted by Crippen LogP contribution is 2.42. The van der Waals surface area contributed by atoms with Gasteiger partial charge >= 0.3 is 0 Å². The number of sulfone groups is 1. The smallest absolute Gasteiger partial charge is 0.225 e. The Morgan fingerprint density at radius 3 is 2.74 bits per heavy atom. The standard InChI is InChI=1S/C19H26N4O3S/c1-12-3-2-6-22(8-12)19-20-7-14-11-27(25,26)16-10-23(18(24)13-4-5-13)9-15(16)17(14)21-19/h7,12-13,15-16H,2-6,8-11H2,1H3/t12?,15-,16+/m0/s1. The van der Waals surface area contributed by atoms with Crippen LogP contribution in [0.2, 0.25) is 0 Å². The molecule has 0 radical (unpaired) electrons. The molecular weight excluding hydrogens is 364 g/mol. The van der Waals surface area contributed by atoms with E-state index in [2.05, 4.69) is 16.8 Å². The summed E-state index contributed by atoms with van der Waals surface area (Å²) in [6.07, 6.45) is 5.94. The highest BCUT2D eigenvalue weighted by atomic mass is 32.2. The van der Waals surface area contributed by atoms with Gasteiger partial charge < -0.3 is 9.80 Å². The van der Waals surface area contributed by atoms with Crippen molar-refractivity contribution < 1.29 is 13.2 Å². The molecule has 0 N–H and O–H groups in total. The molecule has 146 valence electrons. The molecule has 5 rings (SSSR count). The van der Waals surface area contributed by atoms with Crippen LogP contribution in [-0.2, 0) is 20.4 Å². The number of fused-ring (bicyclic) bond motifs is 3. The number of likely N-dealkylation sites (tertiary alicyclic amines) is 1. The molecule has 1 aliphatic carbocycles. The number of carbonyl (C=O) groups excluding carboxylic acids is 1. The highest BCUT2D eigenvalue weighted by molar-refractivity contribution is 7.91. The van der Waals surface area contributed by atoms with E-state index in [0.29, 0.717) is 30.5 Å². The molecule has 4 heterocycles. The topological polar surface area (TPSA) is 83.5 Å². The quantitative estimate of drug-likeness (QED) is 0.758. The predicted octanol–water partition coefficient (Wildman–Crippen LogP) is 1.35. The zero-order valence-electron chi connectivity index (χ0n) is 15.7. The second kappa shape index (κ2) is 6.15. The molecule has 7 nitrogen and oxygen atoms in total. The van der Waals surface area contributed by atoms with Crippen molar-refractivity contribution in [1.29, 1.82) is 0 Å². The van der Waals surface area contributed by atoms with E-state index in [1.807, 2.05) is 0 Å². The maximum absolute atomic E-state index is 12.8. The zero-order valence-corrected chi connectivity index (χ0v) is 16.5. The van der Waals surface area contributed by atoms with E-state index in [4.69, 9.17) is 4.98 Å². The van der Waals surface area contributed by atoms with Gasteiger partial charge in [0.25, 0.3) is 0 Å². The highest BCUT2D eigenvalue weighted by Gasteiger charge is 2.50. The first-order chi connectivity index (χ1) is 12.9. The number of hydrogen-bond donors (Lipinski definition) is 0. The number of hydrogen-bond acceptors (Lipinski definition) is 6. The van der Waals surface area contributed by atoms with Crippen LogP contribution in [0.3, 0.4) is 0 Å². The molecule has 0 bridgehead atoms. The first-order valence-corrected chi connectivity index (χ1v) is 11.7. The number of rotatable bonds is 2. The Balaban J connectivity index is 1.48. The van der Waals surface area contributed by atoms with Crippen molar-refractivity contribution in [2.24, 2.45) is 11.8 Å². The maximum Gasteiger partial charge on any atom is 0.225 e. The zero-order chi connectivity index (χ0) is 18.8. The molecule has 27 heavy (non-hydrogen) atoms. The lowest BCUT2D eigenvalue weighted by Crippen LogP contribution is -2.38. The van der Waals surface area contributed by atoms with Gasteiger partial charge in [0.1, 0.15) is 0 Å². The molecule has 0 aromatic carbocycles. The van der Waals surface area contributed by atoms with Crippen LogP contribution in [-0.4, -0.2) is 60.6 Å². The van der Waals surface area contributed by atoms with E-state index in [1.54, 1.807) is 11.1 Å². The third kappa shape index (κ3) is 3.02. The van der Waals surface area contributed by atoms with Crippen LogP contribution in [0, 0.1) is 11.8 Å².